The van der Waals surface area contributed by atoms with Gasteiger partial charge in [-0.15, -0.1) is 0 Å². The van der Waals surface area contributed by atoms with Gasteiger partial charge in [-0.05, 0) is 42.8 Å². The lowest BCUT2D eigenvalue weighted by molar-refractivity contribution is 0.587. The number of hydrogen-bond donors (Lipinski definition) is 1. The molecule has 21 heavy (non-hydrogen) atoms. The van der Waals surface area contributed by atoms with Gasteiger partial charge >= 0.3 is 0 Å². The van der Waals surface area contributed by atoms with Crippen LogP contribution in [0, 0.1) is 5.82 Å². The molecule has 0 aromatic heterocycles. The molecule has 2 rings (SSSR count). The van der Waals surface area contributed by atoms with Crippen LogP contribution in [0.1, 0.15) is 24.1 Å². The van der Waals surface area contributed by atoms with Crippen LogP contribution in [0.5, 0.6) is 0 Å². The highest BCUT2D eigenvalue weighted by Crippen LogP contribution is 2.19. The zero-order chi connectivity index (χ0) is 15.2. The van der Waals surface area contributed by atoms with E-state index in [1.165, 1.54) is 17.2 Å². The van der Waals surface area contributed by atoms with E-state index in [0.29, 0.717) is 0 Å². The molecule has 0 bridgehead atoms. The van der Waals surface area contributed by atoms with Gasteiger partial charge in [0.05, 0.1) is 0 Å². The number of likely N-dealkylation sites (N-methyl/N-ethyl adjacent to an activating group) is 2. The average Bonchev–Trinajstić information content (AvgIpc) is 2.52. The fourth-order valence-corrected chi connectivity index (χ4v) is 2.44. The predicted molar refractivity (Wildman–Crippen MR) is 87.3 cm³/mol. The molecule has 0 fully saturated rings. The Balaban J connectivity index is 2.10. The minimum atomic E-state index is -0.201. The van der Waals surface area contributed by atoms with Gasteiger partial charge < -0.3 is 10.2 Å². The Morgan fingerprint density at radius 2 is 1.86 bits per heavy atom. The molecule has 3 heteroatoms. The van der Waals surface area contributed by atoms with Crippen LogP contribution in [-0.4, -0.2) is 20.6 Å². The van der Waals surface area contributed by atoms with Crippen molar-refractivity contribution in [1.82, 2.24) is 5.32 Å². The van der Waals surface area contributed by atoms with Crippen molar-refractivity contribution in [3.05, 3.63) is 65.5 Å². The fraction of sp³-hybridized carbons (Fsp3) is 0.333. The van der Waals surface area contributed by atoms with Crippen molar-refractivity contribution in [2.45, 2.75) is 19.4 Å². The van der Waals surface area contributed by atoms with Gasteiger partial charge in [-0.3, -0.25) is 0 Å². The number of halogens is 1. The number of benzene rings is 2. The standard InChI is InChI=1S/C18H23FN2/c1-4-14-8-10-15(11-9-14)18(20-2)13-21(3)17-7-5-6-16(19)12-17/h5-12,18,20H,4,13H2,1-3H3. The zero-order valence-corrected chi connectivity index (χ0v) is 12.9. The molecule has 0 radical (unpaired) electrons. The molecule has 0 amide bonds. The molecule has 0 heterocycles. The van der Waals surface area contributed by atoms with Crippen molar-refractivity contribution in [3.8, 4) is 0 Å². The zero-order valence-electron chi connectivity index (χ0n) is 12.9. The first-order chi connectivity index (χ1) is 10.1. The first-order valence-corrected chi connectivity index (χ1v) is 7.37. The largest absolute Gasteiger partial charge is 0.373 e. The molecule has 2 nitrogen and oxygen atoms in total. The molecule has 1 unspecified atom stereocenters. The summed E-state index contributed by atoms with van der Waals surface area (Å²) in [5, 5.41) is 3.34. The van der Waals surface area contributed by atoms with Crippen LogP contribution in [0.25, 0.3) is 0 Å². The SMILES string of the molecule is CCc1ccc(C(CN(C)c2cccc(F)c2)NC)cc1. The number of hydrogen-bond acceptors (Lipinski definition) is 2. The summed E-state index contributed by atoms with van der Waals surface area (Å²) >= 11 is 0. The number of nitrogens with one attached hydrogen (secondary N) is 1. The minimum Gasteiger partial charge on any atom is -0.373 e. The second-order valence-corrected chi connectivity index (χ2v) is 5.30. The topological polar surface area (TPSA) is 15.3 Å². The lowest BCUT2D eigenvalue weighted by Crippen LogP contribution is -2.31. The molecule has 2 aromatic rings. The Kier molecular flexibility index (Phi) is 5.34. The summed E-state index contributed by atoms with van der Waals surface area (Å²) in [4.78, 5) is 2.07. The van der Waals surface area contributed by atoms with E-state index in [9.17, 15) is 4.39 Å². The lowest BCUT2D eigenvalue weighted by atomic mass is 10.0. The molecule has 0 saturated carbocycles. The van der Waals surface area contributed by atoms with Gasteiger partial charge in [-0.1, -0.05) is 37.3 Å². The maximum absolute atomic E-state index is 13.3. The second kappa shape index (κ2) is 7.23. The van der Waals surface area contributed by atoms with E-state index in [-0.39, 0.29) is 11.9 Å². The molecule has 0 saturated heterocycles. The van der Waals surface area contributed by atoms with E-state index in [1.807, 2.05) is 20.2 Å². The first-order valence-electron chi connectivity index (χ1n) is 7.37. The molecule has 1 N–H and O–H groups in total. The molecule has 0 aliphatic carbocycles. The summed E-state index contributed by atoms with van der Waals surface area (Å²) in [5.41, 5.74) is 3.48. The van der Waals surface area contributed by atoms with E-state index in [0.717, 1.165) is 18.7 Å². The summed E-state index contributed by atoms with van der Waals surface area (Å²) in [5.74, 6) is -0.201. The van der Waals surface area contributed by atoms with Crippen molar-refractivity contribution < 1.29 is 4.39 Å². The van der Waals surface area contributed by atoms with Gasteiger partial charge in [-0.25, -0.2) is 4.39 Å². The van der Waals surface area contributed by atoms with Crippen molar-refractivity contribution in [2.75, 3.05) is 25.5 Å². The van der Waals surface area contributed by atoms with E-state index >= 15 is 0 Å². The van der Waals surface area contributed by atoms with Gasteiger partial charge in [-0.2, -0.15) is 0 Å². The highest BCUT2D eigenvalue weighted by atomic mass is 19.1. The number of aryl methyl sites for hydroxylation is 1. The van der Waals surface area contributed by atoms with Crippen molar-refractivity contribution in [3.63, 3.8) is 0 Å². The van der Waals surface area contributed by atoms with Crippen LogP contribution in [0.15, 0.2) is 48.5 Å². The normalized spacial score (nSPS) is 12.2. The summed E-state index contributed by atoms with van der Waals surface area (Å²) < 4.78 is 13.3. The Labute approximate surface area is 126 Å². The van der Waals surface area contributed by atoms with E-state index in [2.05, 4.69) is 41.4 Å². The maximum Gasteiger partial charge on any atom is 0.125 e. The second-order valence-electron chi connectivity index (χ2n) is 5.30. The average molecular weight is 286 g/mol. The smallest absolute Gasteiger partial charge is 0.125 e. The molecule has 0 aliphatic heterocycles. The van der Waals surface area contributed by atoms with E-state index in [1.54, 1.807) is 12.1 Å². The van der Waals surface area contributed by atoms with Crippen LogP contribution >= 0.6 is 0 Å². The molecular formula is C18H23FN2. The fourth-order valence-electron chi connectivity index (χ4n) is 2.44. The molecule has 0 aliphatic rings. The molecule has 1 atom stereocenters. The Bertz CT molecular complexity index is 566. The Morgan fingerprint density at radius 3 is 2.43 bits per heavy atom. The van der Waals surface area contributed by atoms with Crippen LogP contribution in [0.4, 0.5) is 10.1 Å². The monoisotopic (exact) mass is 286 g/mol. The Hall–Kier alpha value is -1.87. The first kappa shape index (κ1) is 15.5. The van der Waals surface area contributed by atoms with Crippen LogP contribution in [0.3, 0.4) is 0 Å². The van der Waals surface area contributed by atoms with Crippen molar-refractivity contribution in [1.29, 1.82) is 0 Å². The molecule has 2 aromatic carbocycles. The summed E-state index contributed by atoms with van der Waals surface area (Å²) in [6, 6.07) is 15.6. The Morgan fingerprint density at radius 1 is 1.14 bits per heavy atom. The van der Waals surface area contributed by atoms with Crippen LogP contribution in [0.2, 0.25) is 0 Å². The van der Waals surface area contributed by atoms with Crippen molar-refractivity contribution in [2.24, 2.45) is 0 Å². The molecule has 112 valence electrons. The predicted octanol–water partition coefficient (Wildman–Crippen LogP) is 3.79. The third-order valence-corrected chi connectivity index (χ3v) is 3.84. The third-order valence-electron chi connectivity index (χ3n) is 3.84. The number of rotatable bonds is 6. The quantitative estimate of drug-likeness (QED) is 0.869. The van der Waals surface area contributed by atoms with Crippen molar-refractivity contribution >= 4 is 5.69 Å². The van der Waals surface area contributed by atoms with Crippen LogP contribution in [-0.2, 0) is 6.42 Å². The molecule has 0 spiro atoms. The van der Waals surface area contributed by atoms with Gasteiger partial charge in [0, 0.05) is 25.3 Å². The summed E-state index contributed by atoms with van der Waals surface area (Å²) in [6.45, 7) is 2.94. The van der Waals surface area contributed by atoms with Gasteiger partial charge in [0.25, 0.3) is 0 Å². The minimum absolute atomic E-state index is 0.201. The van der Waals surface area contributed by atoms with Crippen LogP contribution < -0.4 is 10.2 Å². The lowest BCUT2D eigenvalue weighted by Gasteiger charge is -2.26. The maximum atomic E-state index is 13.3. The summed E-state index contributed by atoms with van der Waals surface area (Å²) in [7, 11) is 3.94. The highest BCUT2D eigenvalue weighted by molar-refractivity contribution is 5.46. The van der Waals surface area contributed by atoms with Gasteiger partial charge in [0.2, 0.25) is 0 Å². The number of anilines is 1. The van der Waals surface area contributed by atoms with E-state index < -0.39 is 0 Å². The third kappa shape index (κ3) is 4.05. The van der Waals surface area contributed by atoms with Gasteiger partial charge in [0.15, 0.2) is 0 Å². The van der Waals surface area contributed by atoms with E-state index in [4.69, 9.17) is 0 Å². The molecular weight excluding hydrogens is 263 g/mol. The summed E-state index contributed by atoms with van der Waals surface area (Å²) in [6.07, 6.45) is 1.05. The highest BCUT2D eigenvalue weighted by Gasteiger charge is 2.12. The van der Waals surface area contributed by atoms with Gasteiger partial charge in [0.1, 0.15) is 5.82 Å². The number of nitrogens with zero attached hydrogens (tertiary/aromatic N) is 1.